The molecule has 0 aliphatic carbocycles. The number of fused-ring (bicyclic) bond motifs is 1. The smallest absolute Gasteiger partial charge is 0.349 e. The summed E-state index contributed by atoms with van der Waals surface area (Å²) in [6, 6.07) is 5.48. The number of halogens is 6. The van der Waals surface area contributed by atoms with Crippen LogP contribution in [0.15, 0.2) is 42.5 Å². The fourth-order valence-electron chi connectivity index (χ4n) is 2.65. The molecule has 3 aromatic rings. The Hall–Kier alpha value is -3.49. The number of esters is 1. The fourth-order valence-corrected chi connectivity index (χ4v) is 2.65. The fraction of sp³-hybridized carbons (Fsp3) is 0.0500. The predicted octanol–water partition coefficient (Wildman–Crippen LogP) is 5.86. The largest absolute Gasteiger partial charge is 0.497 e. The van der Waals surface area contributed by atoms with Gasteiger partial charge in [-0.2, -0.15) is 8.78 Å². The molecule has 0 N–H and O–H groups in total. The molecule has 3 rings (SSSR count). The number of rotatable bonds is 4. The highest BCUT2D eigenvalue weighted by atomic mass is 19.3. The maximum atomic E-state index is 14.3. The molecule has 0 aliphatic heterocycles. The highest BCUT2D eigenvalue weighted by Crippen LogP contribution is 2.30. The summed E-state index contributed by atoms with van der Waals surface area (Å²) in [7, 11) is 1.18. The van der Waals surface area contributed by atoms with Crippen molar-refractivity contribution in [1.82, 2.24) is 0 Å². The first-order valence-corrected chi connectivity index (χ1v) is 7.91. The van der Waals surface area contributed by atoms with E-state index in [0.29, 0.717) is 0 Å². The number of methoxy groups -OCH3 is 1. The van der Waals surface area contributed by atoms with E-state index in [1.165, 1.54) is 7.11 Å². The Morgan fingerprint density at radius 1 is 0.897 bits per heavy atom. The first-order chi connectivity index (χ1) is 13.7. The third-order valence-electron chi connectivity index (χ3n) is 3.95. The minimum atomic E-state index is -2.28. The van der Waals surface area contributed by atoms with Crippen LogP contribution in [0.4, 0.5) is 26.3 Å². The van der Waals surface area contributed by atoms with Crippen molar-refractivity contribution >= 4 is 22.8 Å². The number of benzene rings is 3. The maximum absolute atomic E-state index is 14.3. The van der Waals surface area contributed by atoms with Gasteiger partial charge in [0.05, 0.1) is 12.7 Å². The first kappa shape index (κ1) is 20.2. The number of hydrogen-bond donors (Lipinski definition) is 0. The molecule has 0 radical (unpaired) electrons. The Morgan fingerprint density at radius 3 is 2.14 bits per heavy atom. The van der Waals surface area contributed by atoms with Crippen LogP contribution in [0.2, 0.25) is 0 Å². The van der Waals surface area contributed by atoms with E-state index >= 15 is 0 Å². The van der Waals surface area contributed by atoms with Gasteiger partial charge in [0, 0.05) is 23.6 Å². The molecule has 3 nitrogen and oxygen atoms in total. The van der Waals surface area contributed by atoms with E-state index in [-0.39, 0.29) is 28.3 Å². The second-order valence-corrected chi connectivity index (χ2v) is 5.76. The van der Waals surface area contributed by atoms with Gasteiger partial charge in [-0.15, -0.1) is 0 Å². The van der Waals surface area contributed by atoms with E-state index in [1.54, 1.807) is 0 Å². The highest BCUT2D eigenvalue weighted by Gasteiger charge is 2.22. The molecular weight excluding hydrogens is 402 g/mol. The summed E-state index contributed by atoms with van der Waals surface area (Å²) in [6.07, 6.45) is -2.23. The lowest BCUT2D eigenvalue weighted by Crippen LogP contribution is -2.13. The zero-order valence-electron chi connectivity index (χ0n) is 14.5. The van der Waals surface area contributed by atoms with Crippen molar-refractivity contribution in [2.24, 2.45) is 0 Å². The van der Waals surface area contributed by atoms with Crippen LogP contribution < -0.4 is 9.47 Å². The van der Waals surface area contributed by atoms with Crippen LogP contribution in [-0.2, 0) is 0 Å². The van der Waals surface area contributed by atoms with Crippen molar-refractivity contribution in [1.29, 1.82) is 0 Å². The molecule has 0 saturated heterocycles. The van der Waals surface area contributed by atoms with Crippen LogP contribution in [0.1, 0.15) is 15.9 Å². The van der Waals surface area contributed by atoms with Crippen molar-refractivity contribution in [3.05, 3.63) is 76.9 Å². The third-order valence-corrected chi connectivity index (χ3v) is 3.95. The zero-order valence-corrected chi connectivity index (χ0v) is 14.5. The van der Waals surface area contributed by atoms with Gasteiger partial charge in [0.15, 0.2) is 0 Å². The Bertz CT molecular complexity index is 1130. The standard InChI is InChI=1S/C20H10F6O3/c1-28-11-6-15(22)18(16(23)7-11)20(27)29-10-2-3-12-9(4-10)5-14(21)13(19(12)26)8-17(24)25/h2-8H,1H3. The van der Waals surface area contributed by atoms with Gasteiger partial charge in [-0.25, -0.2) is 22.4 Å². The van der Waals surface area contributed by atoms with E-state index in [1.807, 2.05) is 0 Å². The molecule has 150 valence electrons. The molecule has 9 heteroatoms. The van der Waals surface area contributed by atoms with Crippen LogP contribution >= 0.6 is 0 Å². The molecule has 0 aromatic heterocycles. The summed E-state index contributed by atoms with van der Waals surface area (Å²) in [5, 5.41) is -0.335. The minimum absolute atomic E-state index is 0.0489. The lowest BCUT2D eigenvalue weighted by Gasteiger charge is -2.10. The second-order valence-electron chi connectivity index (χ2n) is 5.76. The van der Waals surface area contributed by atoms with E-state index in [4.69, 9.17) is 4.74 Å². The SMILES string of the molecule is COc1cc(F)c(C(=O)Oc2ccc3c(F)c(C=C(F)F)c(F)cc3c2)c(F)c1. The highest BCUT2D eigenvalue weighted by molar-refractivity contribution is 5.93. The van der Waals surface area contributed by atoms with Crippen molar-refractivity contribution in [3.63, 3.8) is 0 Å². The topological polar surface area (TPSA) is 35.5 Å². The summed E-state index contributed by atoms with van der Waals surface area (Å²) in [4.78, 5) is 12.1. The molecular formula is C20H10F6O3. The average molecular weight is 412 g/mol. The van der Waals surface area contributed by atoms with Gasteiger partial charge in [-0.05, 0) is 29.7 Å². The van der Waals surface area contributed by atoms with Crippen LogP contribution in [0.5, 0.6) is 11.5 Å². The molecule has 29 heavy (non-hydrogen) atoms. The molecule has 0 bridgehead atoms. The molecule has 0 unspecified atom stereocenters. The van der Waals surface area contributed by atoms with Crippen LogP contribution in [-0.4, -0.2) is 13.1 Å². The second kappa shape index (κ2) is 7.86. The van der Waals surface area contributed by atoms with Gasteiger partial charge in [0.2, 0.25) is 0 Å². The van der Waals surface area contributed by atoms with Gasteiger partial charge in [0.1, 0.15) is 40.3 Å². The van der Waals surface area contributed by atoms with E-state index in [2.05, 4.69) is 4.74 Å². The zero-order chi connectivity index (χ0) is 21.3. The molecule has 0 atom stereocenters. The number of ether oxygens (including phenoxy) is 2. The summed E-state index contributed by atoms with van der Waals surface area (Å²) in [5.74, 6) is -6.76. The van der Waals surface area contributed by atoms with Crippen molar-refractivity contribution < 1.29 is 40.6 Å². The lowest BCUT2D eigenvalue weighted by molar-refractivity contribution is 0.0724. The number of hydrogen-bond acceptors (Lipinski definition) is 3. The summed E-state index contributed by atoms with van der Waals surface area (Å²) < 4.78 is 90.5. The quantitative estimate of drug-likeness (QED) is 0.306. The van der Waals surface area contributed by atoms with Gasteiger partial charge in [-0.3, -0.25) is 0 Å². The van der Waals surface area contributed by atoms with Crippen LogP contribution in [0, 0.1) is 23.3 Å². The van der Waals surface area contributed by atoms with Gasteiger partial charge in [-0.1, -0.05) is 0 Å². The third kappa shape index (κ3) is 4.03. The van der Waals surface area contributed by atoms with Gasteiger partial charge >= 0.3 is 5.97 Å². The normalized spacial score (nSPS) is 10.7. The van der Waals surface area contributed by atoms with Crippen LogP contribution in [0.25, 0.3) is 16.8 Å². The molecule has 0 saturated carbocycles. The Balaban J connectivity index is 1.98. The Kier molecular flexibility index (Phi) is 5.49. The summed E-state index contributed by atoms with van der Waals surface area (Å²) in [5.41, 5.74) is -1.91. The van der Waals surface area contributed by atoms with Crippen LogP contribution in [0.3, 0.4) is 0 Å². The Labute approximate surface area is 159 Å². The average Bonchev–Trinajstić information content (AvgIpc) is 2.64. The molecule has 0 amide bonds. The monoisotopic (exact) mass is 412 g/mol. The first-order valence-electron chi connectivity index (χ1n) is 7.91. The molecule has 0 heterocycles. The van der Waals surface area contributed by atoms with E-state index in [9.17, 15) is 31.1 Å². The van der Waals surface area contributed by atoms with E-state index < -0.39 is 46.4 Å². The van der Waals surface area contributed by atoms with E-state index in [0.717, 1.165) is 36.4 Å². The maximum Gasteiger partial charge on any atom is 0.349 e. The predicted molar refractivity (Wildman–Crippen MR) is 91.9 cm³/mol. The number of carbonyl (C=O) groups is 1. The van der Waals surface area contributed by atoms with Crippen molar-refractivity contribution in [3.8, 4) is 11.5 Å². The summed E-state index contributed by atoms with van der Waals surface area (Å²) >= 11 is 0. The van der Waals surface area contributed by atoms with Gasteiger partial charge in [0.25, 0.3) is 6.08 Å². The van der Waals surface area contributed by atoms with Crippen molar-refractivity contribution in [2.45, 2.75) is 0 Å². The molecule has 0 aliphatic rings. The van der Waals surface area contributed by atoms with Crippen molar-refractivity contribution in [2.75, 3.05) is 7.11 Å². The molecule has 0 fully saturated rings. The molecule has 3 aromatic carbocycles. The number of carbonyl (C=O) groups excluding carboxylic acids is 1. The Morgan fingerprint density at radius 2 is 1.55 bits per heavy atom. The molecule has 0 spiro atoms. The summed E-state index contributed by atoms with van der Waals surface area (Å²) in [6.45, 7) is 0. The minimum Gasteiger partial charge on any atom is -0.497 e. The lowest BCUT2D eigenvalue weighted by atomic mass is 10.0. The van der Waals surface area contributed by atoms with Gasteiger partial charge < -0.3 is 9.47 Å².